The molecule has 8 nitrogen and oxygen atoms in total. The van der Waals surface area contributed by atoms with Crippen molar-refractivity contribution in [2.45, 2.75) is 37.0 Å². The van der Waals surface area contributed by atoms with Gasteiger partial charge >= 0.3 is 6.01 Å². The first-order valence-electron chi connectivity index (χ1n) is 15.0. The molecule has 0 saturated carbocycles. The van der Waals surface area contributed by atoms with Crippen LogP contribution in [0, 0.1) is 24.0 Å². The van der Waals surface area contributed by atoms with E-state index in [0.717, 1.165) is 25.9 Å². The lowest BCUT2D eigenvalue weighted by Gasteiger charge is -2.35. The van der Waals surface area contributed by atoms with E-state index in [2.05, 4.69) is 26.0 Å². The summed E-state index contributed by atoms with van der Waals surface area (Å²) in [6, 6.07) is 7.68. The van der Waals surface area contributed by atoms with Gasteiger partial charge < -0.3 is 25.4 Å². The lowest BCUT2D eigenvalue weighted by Crippen LogP contribution is -2.53. The number of hydrogen-bond acceptors (Lipinski definition) is 8. The van der Waals surface area contributed by atoms with Gasteiger partial charge in [0.1, 0.15) is 42.3 Å². The third kappa shape index (κ3) is 4.15. The third-order valence-electron chi connectivity index (χ3n) is 9.64. The Bertz CT molecular complexity index is 1880. The van der Waals surface area contributed by atoms with Crippen LogP contribution in [0.1, 0.15) is 24.8 Å². The van der Waals surface area contributed by atoms with Crippen LogP contribution in [0.25, 0.3) is 32.8 Å². The Morgan fingerprint density at radius 1 is 1.16 bits per heavy atom. The largest absolute Gasteiger partial charge is 0.491 e. The maximum Gasteiger partial charge on any atom is 0.319 e. The molecule has 0 aliphatic carbocycles. The van der Waals surface area contributed by atoms with Crippen molar-refractivity contribution < 1.29 is 22.6 Å². The summed E-state index contributed by atoms with van der Waals surface area (Å²) >= 11 is 0. The Morgan fingerprint density at radius 3 is 2.91 bits per heavy atom. The van der Waals surface area contributed by atoms with Gasteiger partial charge in [-0.05, 0) is 54.6 Å². The molecule has 8 rings (SSSR count). The van der Waals surface area contributed by atoms with E-state index in [1.807, 2.05) is 0 Å². The number of nitrogens with two attached hydrogens (primary N) is 1. The monoisotopic (exact) mass is 600 g/mol. The molecule has 226 valence electrons. The second-order valence-corrected chi connectivity index (χ2v) is 12.2. The summed E-state index contributed by atoms with van der Waals surface area (Å²) in [6.45, 7) is 3.77. The first-order valence-corrected chi connectivity index (χ1v) is 15.0. The first kappa shape index (κ1) is 27.3. The highest BCUT2D eigenvalue weighted by atomic mass is 19.1. The predicted octanol–water partition coefficient (Wildman–Crippen LogP) is 4.42. The van der Waals surface area contributed by atoms with E-state index in [4.69, 9.17) is 26.6 Å². The van der Waals surface area contributed by atoms with Crippen LogP contribution in [0.15, 0.2) is 30.3 Å². The number of benzene rings is 3. The molecular formula is C33H31F3N6O2. The molecule has 0 amide bonds. The molecule has 11 heteroatoms. The molecule has 3 saturated heterocycles. The van der Waals surface area contributed by atoms with Crippen LogP contribution in [0.3, 0.4) is 0 Å². The van der Waals surface area contributed by atoms with Gasteiger partial charge in [-0.25, -0.2) is 13.2 Å². The van der Waals surface area contributed by atoms with Gasteiger partial charge in [-0.1, -0.05) is 12.0 Å². The van der Waals surface area contributed by atoms with Crippen LogP contribution in [0.2, 0.25) is 0 Å². The number of aromatic nitrogens is 2. The standard InChI is InChI=1S/C33H31F3N6O2/c1-2-22-25(35)5-4-18-10-20(37)11-23(27(18)22)24-12-26-28-30(29(24)36)39-32(40-31(28)42-9-7-38-14-21(42)16-43-26)44-17-33-6-3-8-41(33)15-19(34)13-33/h1,4-5,10-12,19,21,38H,3,6-9,13-17,37H2/t19-,21-,33+/m1/s1. The summed E-state index contributed by atoms with van der Waals surface area (Å²) in [6.07, 6.45) is 7.01. The van der Waals surface area contributed by atoms with Gasteiger partial charge in [-0.3, -0.25) is 4.90 Å². The van der Waals surface area contributed by atoms with Gasteiger partial charge in [-0.2, -0.15) is 9.97 Å². The van der Waals surface area contributed by atoms with E-state index < -0.39 is 23.3 Å². The Labute approximate surface area is 252 Å². The Balaban J connectivity index is 1.33. The summed E-state index contributed by atoms with van der Waals surface area (Å²) in [4.78, 5) is 13.7. The fraction of sp³-hybridized carbons (Fsp3) is 0.394. The molecule has 4 aliphatic rings. The van der Waals surface area contributed by atoms with E-state index in [-0.39, 0.29) is 35.3 Å². The quantitative estimate of drug-likeness (QED) is 0.263. The fourth-order valence-electron chi connectivity index (χ4n) is 7.63. The van der Waals surface area contributed by atoms with E-state index in [1.54, 1.807) is 24.3 Å². The van der Waals surface area contributed by atoms with Crippen LogP contribution in [-0.2, 0) is 0 Å². The van der Waals surface area contributed by atoms with Crippen molar-refractivity contribution in [1.29, 1.82) is 0 Å². The van der Waals surface area contributed by atoms with Crippen LogP contribution >= 0.6 is 0 Å². The summed E-state index contributed by atoms with van der Waals surface area (Å²) < 4.78 is 58.9. The van der Waals surface area contributed by atoms with Crippen molar-refractivity contribution in [1.82, 2.24) is 20.2 Å². The molecule has 5 heterocycles. The molecule has 3 aromatic carbocycles. The number of hydrogen-bond donors (Lipinski definition) is 2. The zero-order chi connectivity index (χ0) is 30.2. The number of ether oxygens (including phenoxy) is 2. The topological polar surface area (TPSA) is 88.8 Å². The minimum Gasteiger partial charge on any atom is -0.491 e. The molecule has 3 N–H and O–H groups in total. The summed E-state index contributed by atoms with van der Waals surface area (Å²) in [5, 5.41) is 4.78. The van der Waals surface area contributed by atoms with E-state index in [9.17, 15) is 8.78 Å². The molecular weight excluding hydrogens is 569 g/mol. The van der Waals surface area contributed by atoms with Crippen LogP contribution < -0.4 is 25.4 Å². The summed E-state index contributed by atoms with van der Waals surface area (Å²) in [7, 11) is 0. The number of piperazine rings is 1. The number of terminal acetylenes is 1. The van der Waals surface area contributed by atoms with E-state index in [1.165, 1.54) is 6.07 Å². The minimum atomic E-state index is -0.909. The zero-order valence-corrected chi connectivity index (χ0v) is 24.0. The number of nitrogen functional groups attached to an aromatic ring is 1. The van der Waals surface area contributed by atoms with E-state index in [0.29, 0.717) is 71.6 Å². The molecule has 0 radical (unpaired) electrons. The molecule has 0 bridgehead atoms. The molecule has 3 fully saturated rings. The van der Waals surface area contributed by atoms with Crippen LogP contribution in [-0.4, -0.2) is 78.6 Å². The highest BCUT2D eigenvalue weighted by molar-refractivity contribution is 6.06. The Hall–Kier alpha value is -4.27. The van der Waals surface area contributed by atoms with Crippen molar-refractivity contribution in [3.05, 3.63) is 47.5 Å². The van der Waals surface area contributed by atoms with Gasteiger partial charge in [0.2, 0.25) is 0 Å². The van der Waals surface area contributed by atoms with Crippen LogP contribution in [0.4, 0.5) is 24.7 Å². The van der Waals surface area contributed by atoms with Crippen molar-refractivity contribution in [2.75, 3.05) is 56.6 Å². The van der Waals surface area contributed by atoms with Crippen molar-refractivity contribution >= 4 is 33.2 Å². The van der Waals surface area contributed by atoms with Gasteiger partial charge in [-0.15, -0.1) is 6.42 Å². The molecule has 0 spiro atoms. The highest BCUT2D eigenvalue weighted by Crippen LogP contribution is 2.45. The highest BCUT2D eigenvalue weighted by Gasteiger charge is 2.49. The maximum absolute atomic E-state index is 16.9. The van der Waals surface area contributed by atoms with Crippen molar-refractivity contribution in [3.8, 4) is 35.2 Å². The normalized spacial score (nSPS) is 24.5. The average molecular weight is 601 g/mol. The summed E-state index contributed by atoms with van der Waals surface area (Å²) in [5.74, 6) is 2.12. The predicted molar refractivity (Wildman–Crippen MR) is 163 cm³/mol. The van der Waals surface area contributed by atoms with Crippen molar-refractivity contribution in [2.24, 2.45) is 0 Å². The second-order valence-electron chi connectivity index (χ2n) is 12.2. The SMILES string of the molecule is C#Cc1c(F)ccc2cc(N)cc(-c3cc4c5c(nc(OC[C@@]67CCCN6C[C@H](F)C7)nc5c3F)N3CCNC[C@@H]3CO4)c12. The number of fused-ring (bicyclic) bond motifs is 4. The number of rotatable bonds is 4. The molecule has 1 aromatic heterocycles. The van der Waals surface area contributed by atoms with Gasteiger partial charge in [0.05, 0.1) is 22.5 Å². The minimum absolute atomic E-state index is 0.0153. The zero-order valence-electron chi connectivity index (χ0n) is 24.0. The smallest absolute Gasteiger partial charge is 0.319 e. The lowest BCUT2D eigenvalue weighted by molar-refractivity contribution is 0.107. The molecule has 4 aromatic rings. The van der Waals surface area contributed by atoms with Gasteiger partial charge in [0.15, 0.2) is 5.82 Å². The number of alkyl halides is 1. The number of halogens is 3. The molecule has 4 aliphatic heterocycles. The number of anilines is 2. The third-order valence-corrected chi connectivity index (χ3v) is 9.64. The van der Waals surface area contributed by atoms with Gasteiger partial charge in [0, 0.05) is 49.2 Å². The number of nitrogens with zero attached hydrogens (tertiary/aromatic N) is 4. The lowest BCUT2D eigenvalue weighted by atomic mass is 9.92. The number of nitrogens with one attached hydrogen (secondary N) is 1. The fourth-order valence-corrected chi connectivity index (χ4v) is 7.63. The van der Waals surface area contributed by atoms with Crippen molar-refractivity contribution in [3.63, 3.8) is 0 Å². The molecule has 0 unspecified atom stereocenters. The second kappa shape index (κ2) is 10.1. The van der Waals surface area contributed by atoms with Crippen LogP contribution in [0.5, 0.6) is 11.8 Å². The Morgan fingerprint density at radius 2 is 2.05 bits per heavy atom. The molecule has 3 atom stereocenters. The summed E-state index contributed by atoms with van der Waals surface area (Å²) in [5.41, 5.74) is 6.68. The van der Waals surface area contributed by atoms with Gasteiger partial charge in [0.25, 0.3) is 0 Å². The van der Waals surface area contributed by atoms with E-state index >= 15 is 4.39 Å². The molecule has 44 heavy (non-hydrogen) atoms. The Kier molecular flexibility index (Phi) is 6.29. The maximum atomic E-state index is 16.9. The first-order chi connectivity index (χ1) is 21.3. The average Bonchev–Trinajstić information content (AvgIpc) is 3.49.